The largest absolute Gasteiger partial charge is 0.373 e. The monoisotopic (exact) mass is 367 g/mol. The second-order valence-electron chi connectivity index (χ2n) is 4.40. The number of halogens is 1. The van der Waals surface area contributed by atoms with E-state index in [-0.39, 0.29) is 0 Å². The van der Waals surface area contributed by atoms with E-state index in [2.05, 4.69) is 38.4 Å². The molecule has 0 radical (unpaired) electrons. The Hall–Kier alpha value is -0.720. The number of nitrogens with one attached hydrogen (secondary N) is 1. The third-order valence-electron chi connectivity index (χ3n) is 3.03. The van der Waals surface area contributed by atoms with Gasteiger partial charge in [-0.3, -0.25) is 0 Å². The summed E-state index contributed by atoms with van der Waals surface area (Å²) in [5, 5.41) is 3.19. The highest BCUT2D eigenvalue weighted by Crippen LogP contribution is 2.33. The molecule has 1 aromatic carbocycles. The molecule has 0 amide bonds. The van der Waals surface area contributed by atoms with Crippen molar-refractivity contribution in [2.45, 2.75) is 22.2 Å². The maximum atomic E-state index is 4.69. The number of anilines is 1. The number of benzene rings is 1. The van der Waals surface area contributed by atoms with E-state index in [4.69, 9.17) is 4.98 Å². The van der Waals surface area contributed by atoms with Crippen LogP contribution in [-0.2, 0) is 17.3 Å². The SMILES string of the molecule is CNc1nc(CSc2cccc(Br)c2)nc2c1CSC2. The molecule has 0 saturated heterocycles. The van der Waals surface area contributed by atoms with Gasteiger partial charge in [0, 0.05) is 33.5 Å². The second-order valence-corrected chi connectivity index (χ2v) is 7.35. The zero-order valence-electron chi connectivity index (χ0n) is 11.0. The number of hydrogen-bond donors (Lipinski definition) is 1. The molecule has 0 unspecified atom stereocenters. The summed E-state index contributed by atoms with van der Waals surface area (Å²) in [7, 11) is 1.93. The third-order valence-corrected chi connectivity index (χ3v) is 5.48. The number of hydrogen-bond acceptors (Lipinski definition) is 5. The van der Waals surface area contributed by atoms with E-state index in [1.54, 1.807) is 11.8 Å². The van der Waals surface area contributed by atoms with Crippen molar-refractivity contribution in [3.63, 3.8) is 0 Å². The Morgan fingerprint density at radius 1 is 1.35 bits per heavy atom. The summed E-state index contributed by atoms with van der Waals surface area (Å²) in [6.45, 7) is 0. The van der Waals surface area contributed by atoms with Crippen LogP contribution in [0, 0.1) is 0 Å². The summed E-state index contributed by atoms with van der Waals surface area (Å²) in [5.41, 5.74) is 2.47. The van der Waals surface area contributed by atoms with Gasteiger partial charge in [0.05, 0.1) is 11.4 Å². The molecule has 3 nitrogen and oxygen atoms in total. The Bertz CT molecular complexity index is 634. The van der Waals surface area contributed by atoms with Crippen LogP contribution >= 0.6 is 39.5 Å². The van der Waals surface area contributed by atoms with E-state index in [0.29, 0.717) is 0 Å². The minimum atomic E-state index is 0.795. The van der Waals surface area contributed by atoms with Gasteiger partial charge in [0.25, 0.3) is 0 Å². The van der Waals surface area contributed by atoms with Crippen LogP contribution in [0.2, 0.25) is 0 Å². The lowest BCUT2D eigenvalue weighted by atomic mass is 10.2. The summed E-state index contributed by atoms with van der Waals surface area (Å²) in [6, 6.07) is 8.31. The number of nitrogens with zero attached hydrogens (tertiary/aromatic N) is 2. The predicted octanol–water partition coefficient (Wildman–Crippen LogP) is 4.32. The summed E-state index contributed by atoms with van der Waals surface area (Å²) in [4.78, 5) is 10.6. The van der Waals surface area contributed by atoms with Gasteiger partial charge < -0.3 is 5.32 Å². The Morgan fingerprint density at radius 2 is 2.25 bits per heavy atom. The number of rotatable bonds is 4. The molecule has 0 bridgehead atoms. The second kappa shape index (κ2) is 6.37. The van der Waals surface area contributed by atoms with Crippen LogP contribution in [0.1, 0.15) is 17.1 Å². The van der Waals surface area contributed by atoms with Gasteiger partial charge in [0.1, 0.15) is 11.6 Å². The predicted molar refractivity (Wildman–Crippen MR) is 90.3 cm³/mol. The molecular weight excluding hydrogens is 354 g/mol. The molecule has 0 saturated carbocycles. The molecule has 1 N–H and O–H groups in total. The van der Waals surface area contributed by atoms with Crippen LogP contribution in [0.15, 0.2) is 33.6 Å². The fraction of sp³-hybridized carbons (Fsp3) is 0.286. The average molecular weight is 368 g/mol. The van der Waals surface area contributed by atoms with Gasteiger partial charge in [0.2, 0.25) is 0 Å². The minimum Gasteiger partial charge on any atom is -0.373 e. The maximum Gasteiger partial charge on any atom is 0.141 e. The van der Waals surface area contributed by atoms with Crippen LogP contribution in [-0.4, -0.2) is 17.0 Å². The van der Waals surface area contributed by atoms with Gasteiger partial charge in [-0.25, -0.2) is 9.97 Å². The fourth-order valence-electron chi connectivity index (χ4n) is 2.08. The smallest absolute Gasteiger partial charge is 0.141 e. The molecule has 1 aliphatic rings. The molecule has 0 atom stereocenters. The van der Waals surface area contributed by atoms with E-state index >= 15 is 0 Å². The number of thioether (sulfide) groups is 2. The molecular formula is C14H14BrN3S2. The van der Waals surface area contributed by atoms with E-state index in [9.17, 15) is 0 Å². The van der Waals surface area contributed by atoms with E-state index in [1.165, 1.54) is 16.2 Å². The zero-order chi connectivity index (χ0) is 13.9. The average Bonchev–Trinajstić information content (AvgIpc) is 2.92. The van der Waals surface area contributed by atoms with Crippen molar-refractivity contribution < 1.29 is 0 Å². The maximum absolute atomic E-state index is 4.69. The van der Waals surface area contributed by atoms with Crippen molar-refractivity contribution in [1.82, 2.24) is 9.97 Å². The standard InChI is InChI=1S/C14H14BrN3S2/c1-16-14-11-6-19-7-12(11)17-13(18-14)8-20-10-4-2-3-9(15)5-10/h2-5H,6-8H2,1H3,(H,16,17,18). The lowest BCUT2D eigenvalue weighted by Crippen LogP contribution is -2.05. The Kier molecular flexibility index (Phi) is 4.53. The Morgan fingerprint density at radius 3 is 3.05 bits per heavy atom. The number of aromatic nitrogens is 2. The van der Waals surface area contributed by atoms with Gasteiger partial charge >= 0.3 is 0 Å². The first-order valence-electron chi connectivity index (χ1n) is 6.29. The van der Waals surface area contributed by atoms with Crippen LogP contribution in [0.4, 0.5) is 5.82 Å². The summed E-state index contributed by atoms with van der Waals surface area (Å²) < 4.78 is 1.10. The van der Waals surface area contributed by atoms with Gasteiger partial charge in [0.15, 0.2) is 0 Å². The highest BCUT2D eigenvalue weighted by molar-refractivity contribution is 9.10. The van der Waals surface area contributed by atoms with Gasteiger partial charge in [-0.05, 0) is 18.2 Å². The molecule has 3 rings (SSSR count). The van der Waals surface area contributed by atoms with E-state index in [1.807, 2.05) is 30.9 Å². The van der Waals surface area contributed by atoms with E-state index < -0.39 is 0 Å². The first-order valence-corrected chi connectivity index (χ1v) is 9.22. The molecule has 20 heavy (non-hydrogen) atoms. The van der Waals surface area contributed by atoms with Gasteiger partial charge in [-0.15, -0.1) is 11.8 Å². The van der Waals surface area contributed by atoms with Crippen LogP contribution in [0.25, 0.3) is 0 Å². The van der Waals surface area contributed by atoms with Crippen molar-refractivity contribution in [3.05, 3.63) is 45.8 Å². The highest BCUT2D eigenvalue weighted by Gasteiger charge is 2.19. The topological polar surface area (TPSA) is 37.8 Å². The zero-order valence-corrected chi connectivity index (χ0v) is 14.2. The minimum absolute atomic E-state index is 0.795. The van der Waals surface area contributed by atoms with Crippen molar-refractivity contribution in [1.29, 1.82) is 0 Å². The molecule has 2 aromatic rings. The van der Waals surface area contributed by atoms with Crippen molar-refractivity contribution in [2.24, 2.45) is 0 Å². The first kappa shape index (κ1) is 14.2. The molecule has 0 aliphatic carbocycles. The van der Waals surface area contributed by atoms with Crippen LogP contribution in [0.5, 0.6) is 0 Å². The fourth-order valence-corrected chi connectivity index (χ4v) is 4.48. The summed E-state index contributed by atoms with van der Waals surface area (Å²) in [6.07, 6.45) is 0. The number of fused-ring (bicyclic) bond motifs is 1. The van der Waals surface area contributed by atoms with Crippen molar-refractivity contribution >= 4 is 45.3 Å². The Labute approximate surface area is 135 Å². The van der Waals surface area contributed by atoms with Crippen molar-refractivity contribution in [3.8, 4) is 0 Å². The highest BCUT2D eigenvalue weighted by atomic mass is 79.9. The molecule has 6 heteroatoms. The lowest BCUT2D eigenvalue weighted by Gasteiger charge is -2.09. The molecule has 0 spiro atoms. The quantitative estimate of drug-likeness (QED) is 0.814. The summed E-state index contributed by atoms with van der Waals surface area (Å²) in [5.74, 6) is 4.71. The van der Waals surface area contributed by atoms with E-state index in [0.717, 1.165) is 33.4 Å². The van der Waals surface area contributed by atoms with Gasteiger partial charge in [-0.2, -0.15) is 11.8 Å². The van der Waals surface area contributed by atoms with Gasteiger partial charge in [-0.1, -0.05) is 22.0 Å². The van der Waals surface area contributed by atoms with Crippen LogP contribution in [0.3, 0.4) is 0 Å². The molecule has 2 heterocycles. The van der Waals surface area contributed by atoms with Crippen LogP contribution < -0.4 is 5.32 Å². The molecule has 0 fully saturated rings. The Balaban J connectivity index is 1.78. The van der Waals surface area contributed by atoms with Crippen molar-refractivity contribution in [2.75, 3.05) is 12.4 Å². The first-order chi connectivity index (χ1) is 9.76. The molecule has 1 aromatic heterocycles. The third kappa shape index (κ3) is 3.13. The molecule has 1 aliphatic heterocycles. The summed E-state index contributed by atoms with van der Waals surface area (Å²) >= 11 is 7.16. The molecule has 104 valence electrons. The lowest BCUT2D eigenvalue weighted by molar-refractivity contribution is 0.975. The normalized spacial score (nSPS) is 13.3.